The number of rotatable bonds is 7. The van der Waals surface area contributed by atoms with E-state index in [-0.39, 0.29) is 30.8 Å². The molecule has 0 heterocycles. The number of nitrogens with two attached hydrogens (primary N) is 1. The highest BCUT2D eigenvalue weighted by atomic mass is 19.1. The van der Waals surface area contributed by atoms with Crippen LogP contribution >= 0.6 is 0 Å². The van der Waals surface area contributed by atoms with E-state index in [0.717, 1.165) is 5.56 Å². The van der Waals surface area contributed by atoms with Crippen LogP contribution in [0.15, 0.2) is 18.2 Å². The Morgan fingerprint density at radius 2 is 2.21 bits per heavy atom. The Morgan fingerprint density at radius 3 is 2.79 bits per heavy atom. The Morgan fingerprint density at radius 1 is 1.47 bits per heavy atom. The molecule has 106 valence electrons. The molecule has 1 rings (SSSR count). The summed E-state index contributed by atoms with van der Waals surface area (Å²) in [5, 5.41) is 0. The highest BCUT2D eigenvalue weighted by Crippen LogP contribution is 2.19. The maximum absolute atomic E-state index is 13.7. The third kappa shape index (κ3) is 5.70. The normalized spacial score (nSPS) is 12.0. The molecular formula is C14H20FNO3. The summed E-state index contributed by atoms with van der Waals surface area (Å²) in [7, 11) is 1.33. The first kappa shape index (κ1) is 15.4. The third-order valence-corrected chi connectivity index (χ3v) is 2.56. The van der Waals surface area contributed by atoms with Crippen molar-refractivity contribution >= 4 is 5.97 Å². The number of benzene rings is 1. The molecule has 1 aromatic rings. The van der Waals surface area contributed by atoms with Gasteiger partial charge in [-0.25, -0.2) is 4.39 Å². The lowest BCUT2D eigenvalue weighted by Crippen LogP contribution is -2.17. The number of ether oxygens (including phenoxy) is 2. The van der Waals surface area contributed by atoms with Crippen molar-refractivity contribution in [1.29, 1.82) is 0 Å². The van der Waals surface area contributed by atoms with Crippen LogP contribution in [-0.4, -0.2) is 25.7 Å². The highest BCUT2D eigenvalue weighted by Gasteiger charge is 2.07. The minimum Gasteiger partial charge on any atom is -0.491 e. The third-order valence-electron chi connectivity index (χ3n) is 2.56. The van der Waals surface area contributed by atoms with E-state index < -0.39 is 5.82 Å². The van der Waals surface area contributed by atoms with Crippen LogP contribution in [0.3, 0.4) is 0 Å². The van der Waals surface area contributed by atoms with Crippen molar-refractivity contribution in [1.82, 2.24) is 0 Å². The fourth-order valence-corrected chi connectivity index (χ4v) is 1.66. The van der Waals surface area contributed by atoms with E-state index in [1.807, 2.05) is 6.92 Å². The Hall–Kier alpha value is -1.62. The summed E-state index contributed by atoms with van der Waals surface area (Å²) < 4.78 is 23.5. The standard InChI is InChI=1S/C14H20FNO3/c1-10(16)8-11-5-6-13(12(15)9-11)19-7-3-4-14(17)18-2/h5-6,9-10H,3-4,7-8,16H2,1-2H3. The number of methoxy groups -OCH3 is 1. The van der Waals surface area contributed by atoms with Crippen molar-refractivity contribution in [2.24, 2.45) is 5.73 Å². The van der Waals surface area contributed by atoms with E-state index in [4.69, 9.17) is 10.5 Å². The maximum Gasteiger partial charge on any atom is 0.305 e. The van der Waals surface area contributed by atoms with Crippen LogP contribution in [0.25, 0.3) is 0 Å². The number of halogens is 1. The van der Waals surface area contributed by atoms with E-state index in [9.17, 15) is 9.18 Å². The number of hydrogen-bond acceptors (Lipinski definition) is 4. The van der Waals surface area contributed by atoms with Crippen molar-refractivity contribution in [2.75, 3.05) is 13.7 Å². The summed E-state index contributed by atoms with van der Waals surface area (Å²) in [6.45, 7) is 2.15. The molecular weight excluding hydrogens is 249 g/mol. The second kappa shape index (κ2) is 7.74. The zero-order chi connectivity index (χ0) is 14.3. The second-order valence-electron chi connectivity index (χ2n) is 4.47. The molecule has 4 nitrogen and oxygen atoms in total. The largest absolute Gasteiger partial charge is 0.491 e. The molecule has 0 fully saturated rings. The minimum absolute atomic E-state index is 0.00813. The van der Waals surface area contributed by atoms with Crippen LogP contribution in [0.4, 0.5) is 4.39 Å². The molecule has 0 radical (unpaired) electrons. The topological polar surface area (TPSA) is 61.5 Å². The molecule has 0 aromatic heterocycles. The first-order valence-corrected chi connectivity index (χ1v) is 6.26. The van der Waals surface area contributed by atoms with Gasteiger partial charge < -0.3 is 15.2 Å². The molecule has 5 heteroatoms. The molecule has 0 saturated carbocycles. The molecule has 1 aromatic carbocycles. The van der Waals surface area contributed by atoms with Gasteiger partial charge in [-0.1, -0.05) is 6.07 Å². The van der Waals surface area contributed by atoms with Crippen LogP contribution in [-0.2, 0) is 16.0 Å². The van der Waals surface area contributed by atoms with Gasteiger partial charge in [0.25, 0.3) is 0 Å². The first-order chi connectivity index (χ1) is 9.02. The lowest BCUT2D eigenvalue weighted by molar-refractivity contribution is -0.140. The fourth-order valence-electron chi connectivity index (χ4n) is 1.66. The molecule has 19 heavy (non-hydrogen) atoms. The van der Waals surface area contributed by atoms with Crippen molar-refractivity contribution < 1.29 is 18.7 Å². The van der Waals surface area contributed by atoms with Gasteiger partial charge in [0, 0.05) is 12.5 Å². The van der Waals surface area contributed by atoms with Gasteiger partial charge in [0.05, 0.1) is 13.7 Å². The van der Waals surface area contributed by atoms with Crippen molar-refractivity contribution in [3.63, 3.8) is 0 Å². The van der Waals surface area contributed by atoms with Crippen LogP contribution < -0.4 is 10.5 Å². The van der Waals surface area contributed by atoms with Gasteiger partial charge in [-0.15, -0.1) is 0 Å². The quantitative estimate of drug-likeness (QED) is 0.608. The second-order valence-corrected chi connectivity index (χ2v) is 4.47. The molecule has 0 amide bonds. The summed E-state index contributed by atoms with van der Waals surface area (Å²) in [6.07, 6.45) is 1.38. The number of esters is 1. The van der Waals surface area contributed by atoms with Crippen LogP contribution in [0.2, 0.25) is 0 Å². The minimum atomic E-state index is -0.406. The van der Waals surface area contributed by atoms with E-state index >= 15 is 0 Å². The summed E-state index contributed by atoms with van der Waals surface area (Å²) in [5.41, 5.74) is 6.50. The van der Waals surface area contributed by atoms with Gasteiger partial charge in [0.15, 0.2) is 11.6 Å². The molecule has 1 unspecified atom stereocenters. The molecule has 1 atom stereocenters. The Labute approximate surface area is 112 Å². The number of carbonyl (C=O) groups is 1. The van der Waals surface area contributed by atoms with E-state index in [1.165, 1.54) is 13.2 Å². The highest BCUT2D eigenvalue weighted by molar-refractivity contribution is 5.69. The average Bonchev–Trinajstić information content (AvgIpc) is 2.35. The van der Waals surface area contributed by atoms with Crippen LogP contribution in [0, 0.1) is 5.82 Å². The molecule has 2 N–H and O–H groups in total. The molecule has 0 aliphatic carbocycles. The van der Waals surface area contributed by atoms with E-state index in [0.29, 0.717) is 12.8 Å². The van der Waals surface area contributed by atoms with Crippen molar-refractivity contribution in [2.45, 2.75) is 32.2 Å². The lowest BCUT2D eigenvalue weighted by atomic mass is 10.1. The predicted molar refractivity (Wildman–Crippen MR) is 70.5 cm³/mol. The van der Waals surface area contributed by atoms with Gasteiger partial charge in [0.2, 0.25) is 0 Å². The van der Waals surface area contributed by atoms with Gasteiger partial charge in [-0.3, -0.25) is 4.79 Å². The first-order valence-electron chi connectivity index (χ1n) is 6.26. The smallest absolute Gasteiger partial charge is 0.305 e. The Balaban J connectivity index is 2.44. The van der Waals surface area contributed by atoms with E-state index in [2.05, 4.69) is 4.74 Å². The van der Waals surface area contributed by atoms with Gasteiger partial charge >= 0.3 is 5.97 Å². The summed E-state index contributed by atoms with van der Waals surface area (Å²) in [6, 6.07) is 4.80. The molecule has 0 bridgehead atoms. The molecule has 0 aliphatic heterocycles. The predicted octanol–water partition coefficient (Wildman–Crippen LogP) is 2.05. The lowest BCUT2D eigenvalue weighted by Gasteiger charge is -2.09. The summed E-state index contributed by atoms with van der Waals surface area (Å²) in [4.78, 5) is 10.9. The van der Waals surface area contributed by atoms with Gasteiger partial charge in [-0.05, 0) is 37.5 Å². The number of hydrogen-bond donors (Lipinski definition) is 1. The van der Waals surface area contributed by atoms with Gasteiger partial charge in [0.1, 0.15) is 0 Å². The maximum atomic E-state index is 13.7. The van der Waals surface area contributed by atoms with Gasteiger partial charge in [-0.2, -0.15) is 0 Å². The Bertz CT molecular complexity index is 421. The molecule has 0 saturated heterocycles. The van der Waals surface area contributed by atoms with Crippen LogP contribution in [0.5, 0.6) is 5.75 Å². The molecule has 0 spiro atoms. The van der Waals surface area contributed by atoms with Crippen molar-refractivity contribution in [3.05, 3.63) is 29.6 Å². The number of carbonyl (C=O) groups excluding carboxylic acids is 1. The van der Waals surface area contributed by atoms with Crippen LogP contribution in [0.1, 0.15) is 25.3 Å². The molecule has 0 aliphatic rings. The summed E-state index contributed by atoms with van der Waals surface area (Å²) >= 11 is 0. The zero-order valence-electron chi connectivity index (χ0n) is 11.3. The summed E-state index contributed by atoms with van der Waals surface area (Å²) in [5.74, 6) is -0.508. The van der Waals surface area contributed by atoms with Crippen molar-refractivity contribution in [3.8, 4) is 5.75 Å². The SMILES string of the molecule is COC(=O)CCCOc1ccc(CC(C)N)cc1F. The fraction of sp³-hybridized carbons (Fsp3) is 0.500. The average molecular weight is 269 g/mol. The zero-order valence-corrected chi connectivity index (χ0v) is 11.3. The monoisotopic (exact) mass is 269 g/mol. The van der Waals surface area contributed by atoms with E-state index in [1.54, 1.807) is 12.1 Å². The Kier molecular flexibility index (Phi) is 6.29.